The summed E-state index contributed by atoms with van der Waals surface area (Å²) in [4.78, 5) is 17.0. The summed E-state index contributed by atoms with van der Waals surface area (Å²) < 4.78 is 24.2. The second-order valence-electron chi connectivity index (χ2n) is 6.78. The Kier molecular flexibility index (Phi) is 5.06. The van der Waals surface area contributed by atoms with Crippen molar-refractivity contribution in [1.29, 1.82) is 0 Å². The molecule has 1 aliphatic rings. The molecule has 144 valence electrons. The molecule has 1 atom stereocenters. The number of hydrogen-bond donors (Lipinski definition) is 1. The largest absolute Gasteiger partial charge is 0.485 e. The summed E-state index contributed by atoms with van der Waals surface area (Å²) in [5.74, 6) is 0.828. The fourth-order valence-electron chi connectivity index (χ4n) is 3.49. The van der Waals surface area contributed by atoms with Gasteiger partial charge in [0.05, 0.1) is 11.6 Å². The van der Waals surface area contributed by atoms with E-state index in [1.165, 1.54) is 6.07 Å². The van der Waals surface area contributed by atoms with Crippen molar-refractivity contribution in [3.8, 4) is 5.75 Å². The lowest BCUT2D eigenvalue weighted by atomic mass is 9.87. The zero-order valence-electron chi connectivity index (χ0n) is 15.4. The first-order chi connectivity index (χ1) is 13.6. The molecule has 1 aliphatic carbocycles. The summed E-state index contributed by atoms with van der Waals surface area (Å²) in [5, 5.41) is 6.85. The third-order valence-corrected chi connectivity index (χ3v) is 4.78. The second kappa shape index (κ2) is 7.80. The maximum absolute atomic E-state index is 13.5. The molecular weight excluding hydrogens is 361 g/mol. The molecule has 0 saturated carbocycles. The third-order valence-electron chi connectivity index (χ3n) is 4.78. The molecule has 1 aromatic heterocycles. The van der Waals surface area contributed by atoms with Crippen LogP contribution in [0.3, 0.4) is 0 Å². The number of para-hydroxylation sites is 1. The van der Waals surface area contributed by atoms with Gasteiger partial charge in [0.25, 0.3) is 5.91 Å². The van der Waals surface area contributed by atoms with E-state index < -0.39 is 0 Å². The number of aryl methyl sites for hydroxylation is 2. The van der Waals surface area contributed by atoms with Crippen LogP contribution in [0.4, 0.5) is 4.39 Å². The number of ether oxygens (including phenoxy) is 1. The summed E-state index contributed by atoms with van der Waals surface area (Å²) in [6.07, 6.45) is 2.54. The number of amides is 1. The van der Waals surface area contributed by atoms with Crippen molar-refractivity contribution in [3.05, 3.63) is 76.7 Å². The summed E-state index contributed by atoms with van der Waals surface area (Å²) in [6, 6.07) is 11.6. The van der Waals surface area contributed by atoms with Gasteiger partial charge < -0.3 is 14.6 Å². The van der Waals surface area contributed by atoms with Crippen LogP contribution in [0.15, 0.2) is 47.0 Å². The lowest BCUT2D eigenvalue weighted by molar-refractivity contribution is 0.0928. The van der Waals surface area contributed by atoms with E-state index in [9.17, 15) is 9.18 Å². The molecule has 1 heterocycles. The van der Waals surface area contributed by atoms with Crippen LogP contribution in [0.1, 0.15) is 52.1 Å². The highest BCUT2D eigenvalue weighted by Crippen LogP contribution is 2.31. The second-order valence-corrected chi connectivity index (χ2v) is 6.78. The Hall–Kier alpha value is -3.22. The van der Waals surface area contributed by atoms with Gasteiger partial charge in [-0.1, -0.05) is 23.4 Å². The van der Waals surface area contributed by atoms with Crippen LogP contribution in [0.5, 0.6) is 5.75 Å². The predicted molar refractivity (Wildman–Crippen MR) is 99.4 cm³/mol. The van der Waals surface area contributed by atoms with Gasteiger partial charge in [-0.3, -0.25) is 4.79 Å². The van der Waals surface area contributed by atoms with Gasteiger partial charge >= 0.3 is 0 Å². The lowest BCUT2D eigenvalue weighted by Gasteiger charge is -2.26. The molecule has 3 aromatic rings. The highest BCUT2D eigenvalue weighted by molar-refractivity contribution is 5.97. The van der Waals surface area contributed by atoms with Gasteiger partial charge in [0.1, 0.15) is 11.6 Å². The number of rotatable bonds is 5. The SMILES string of the molecule is Cc1nc(COc2ccccc2C(=O)N[C@H]2CCCc3cc(F)ccc32)no1. The van der Waals surface area contributed by atoms with Gasteiger partial charge in [0, 0.05) is 6.92 Å². The van der Waals surface area contributed by atoms with Crippen molar-refractivity contribution in [1.82, 2.24) is 15.5 Å². The van der Waals surface area contributed by atoms with Crippen molar-refractivity contribution in [2.45, 2.75) is 38.8 Å². The van der Waals surface area contributed by atoms with E-state index in [1.807, 2.05) is 0 Å². The zero-order chi connectivity index (χ0) is 19.5. The van der Waals surface area contributed by atoms with Crippen LogP contribution >= 0.6 is 0 Å². The molecule has 2 aromatic carbocycles. The minimum atomic E-state index is -0.249. The van der Waals surface area contributed by atoms with Crippen LogP contribution in [0, 0.1) is 12.7 Å². The van der Waals surface area contributed by atoms with Crippen molar-refractivity contribution >= 4 is 5.91 Å². The summed E-state index contributed by atoms with van der Waals surface area (Å²) >= 11 is 0. The predicted octanol–water partition coefficient (Wildman–Crippen LogP) is 3.90. The third kappa shape index (κ3) is 3.88. The Balaban J connectivity index is 1.50. The first-order valence-electron chi connectivity index (χ1n) is 9.20. The van der Waals surface area contributed by atoms with Crippen LogP contribution in [-0.2, 0) is 13.0 Å². The zero-order valence-corrected chi connectivity index (χ0v) is 15.4. The van der Waals surface area contributed by atoms with Crippen molar-refractivity contribution in [2.24, 2.45) is 0 Å². The van der Waals surface area contributed by atoms with Gasteiger partial charge in [-0.05, 0) is 54.7 Å². The van der Waals surface area contributed by atoms with Gasteiger partial charge in [-0.25, -0.2) is 4.39 Å². The fraction of sp³-hybridized carbons (Fsp3) is 0.286. The fourth-order valence-corrected chi connectivity index (χ4v) is 3.49. The number of carbonyl (C=O) groups excluding carboxylic acids is 1. The monoisotopic (exact) mass is 381 g/mol. The van der Waals surface area contributed by atoms with E-state index in [0.29, 0.717) is 23.0 Å². The number of hydrogen-bond acceptors (Lipinski definition) is 5. The summed E-state index contributed by atoms with van der Waals surface area (Å²) in [6.45, 7) is 1.80. The van der Waals surface area contributed by atoms with Gasteiger partial charge in [0.15, 0.2) is 6.61 Å². The maximum atomic E-state index is 13.5. The highest BCUT2D eigenvalue weighted by atomic mass is 19.1. The molecule has 0 unspecified atom stereocenters. The molecular formula is C21H20FN3O3. The van der Waals surface area contributed by atoms with Crippen molar-refractivity contribution in [3.63, 3.8) is 0 Å². The maximum Gasteiger partial charge on any atom is 0.255 e. The van der Waals surface area contributed by atoms with Crippen LogP contribution in [0.25, 0.3) is 0 Å². The number of aromatic nitrogens is 2. The normalized spacial score (nSPS) is 15.7. The quantitative estimate of drug-likeness (QED) is 0.725. The summed E-state index contributed by atoms with van der Waals surface area (Å²) in [7, 11) is 0. The average molecular weight is 381 g/mol. The molecule has 4 rings (SSSR count). The standard InChI is InChI=1S/C21H20FN3O3/c1-13-23-20(25-28-13)12-27-19-8-3-2-6-17(19)21(26)24-18-7-4-5-14-11-15(22)9-10-16(14)18/h2-3,6,8-11,18H,4-5,7,12H2,1H3,(H,24,26)/t18-/m0/s1. The molecule has 6 nitrogen and oxygen atoms in total. The molecule has 0 fully saturated rings. The Morgan fingerprint density at radius 1 is 1.32 bits per heavy atom. The molecule has 0 bridgehead atoms. The van der Waals surface area contributed by atoms with Crippen LogP contribution < -0.4 is 10.1 Å². The van der Waals surface area contributed by atoms with Gasteiger partial charge in [-0.15, -0.1) is 0 Å². The summed E-state index contributed by atoms with van der Waals surface area (Å²) in [5.41, 5.74) is 2.35. The van der Waals surface area contributed by atoms with E-state index in [4.69, 9.17) is 9.26 Å². The first-order valence-corrected chi connectivity index (χ1v) is 9.20. The Morgan fingerprint density at radius 3 is 3.00 bits per heavy atom. The van der Waals surface area contributed by atoms with E-state index in [2.05, 4.69) is 15.5 Å². The van der Waals surface area contributed by atoms with E-state index >= 15 is 0 Å². The molecule has 1 amide bonds. The number of halogens is 1. The van der Waals surface area contributed by atoms with E-state index in [0.717, 1.165) is 30.4 Å². The number of benzene rings is 2. The smallest absolute Gasteiger partial charge is 0.255 e. The lowest BCUT2D eigenvalue weighted by Crippen LogP contribution is -2.31. The van der Waals surface area contributed by atoms with Crippen LogP contribution in [-0.4, -0.2) is 16.0 Å². The first kappa shape index (κ1) is 18.2. The number of carbonyl (C=O) groups is 1. The van der Waals surface area contributed by atoms with Crippen molar-refractivity contribution in [2.75, 3.05) is 0 Å². The minimum Gasteiger partial charge on any atom is -0.485 e. The Morgan fingerprint density at radius 2 is 2.18 bits per heavy atom. The van der Waals surface area contributed by atoms with Gasteiger partial charge in [0.2, 0.25) is 11.7 Å². The molecule has 7 heteroatoms. The van der Waals surface area contributed by atoms with E-state index in [-0.39, 0.29) is 24.4 Å². The topological polar surface area (TPSA) is 77.2 Å². The number of nitrogens with one attached hydrogen (secondary N) is 1. The Bertz CT molecular complexity index is 1000. The van der Waals surface area contributed by atoms with Gasteiger partial charge in [-0.2, -0.15) is 4.98 Å². The number of nitrogens with zero attached hydrogens (tertiary/aromatic N) is 2. The molecule has 0 saturated heterocycles. The molecule has 28 heavy (non-hydrogen) atoms. The molecule has 1 N–H and O–H groups in total. The minimum absolute atomic E-state index is 0.104. The molecule has 0 radical (unpaired) electrons. The van der Waals surface area contributed by atoms with E-state index in [1.54, 1.807) is 43.3 Å². The van der Waals surface area contributed by atoms with Crippen molar-refractivity contribution < 1.29 is 18.4 Å². The molecule has 0 aliphatic heterocycles. The Labute approximate surface area is 161 Å². The molecule has 0 spiro atoms. The average Bonchev–Trinajstić information content (AvgIpc) is 3.11. The highest BCUT2D eigenvalue weighted by Gasteiger charge is 2.24. The number of fused-ring (bicyclic) bond motifs is 1. The van der Waals surface area contributed by atoms with Crippen LogP contribution in [0.2, 0.25) is 0 Å².